The highest BCUT2D eigenvalue weighted by Crippen LogP contribution is 2.16. The van der Waals surface area contributed by atoms with Gasteiger partial charge in [-0.15, -0.1) is 0 Å². The van der Waals surface area contributed by atoms with Crippen molar-refractivity contribution in [3.63, 3.8) is 0 Å². The summed E-state index contributed by atoms with van der Waals surface area (Å²) in [5.74, 6) is 1.03. The molecule has 0 N–H and O–H groups in total. The van der Waals surface area contributed by atoms with Gasteiger partial charge in [0.15, 0.2) is 12.3 Å². The third-order valence-corrected chi connectivity index (χ3v) is 4.11. The lowest BCUT2D eigenvalue weighted by molar-refractivity contribution is 0.0731. The maximum absolute atomic E-state index is 12.5. The molecule has 1 fully saturated rings. The molecule has 1 amide bonds. The summed E-state index contributed by atoms with van der Waals surface area (Å²) in [5.41, 5.74) is 0.328. The fourth-order valence-corrected chi connectivity index (χ4v) is 2.71. The fourth-order valence-electron chi connectivity index (χ4n) is 2.71. The van der Waals surface area contributed by atoms with E-state index in [0.717, 1.165) is 25.3 Å². The van der Waals surface area contributed by atoms with Crippen molar-refractivity contribution in [1.82, 2.24) is 14.8 Å². The topological polar surface area (TPSA) is 58.8 Å². The molecule has 0 bridgehead atoms. The summed E-state index contributed by atoms with van der Waals surface area (Å²) in [6.07, 6.45) is 2.39. The van der Waals surface area contributed by atoms with Crippen molar-refractivity contribution < 1.29 is 13.9 Å². The summed E-state index contributed by atoms with van der Waals surface area (Å²) in [4.78, 5) is 20.7. The third-order valence-electron chi connectivity index (χ3n) is 4.11. The number of oxazole rings is 1. The largest absolute Gasteiger partial charge is 0.484 e. The number of para-hydroxylation sites is 1. The summed E-state index contributed by atoms with van der Waals surface area (Å²) in [6, 6.07) is 9.67. The van der Waals surface area contributed by atoms with Crippen LogP contribution >= 0.6 is 0 Å². The van der Waals surface area contributed by atoms with E-state index in [0.29, 0.717) is 11.6 Å². The minimum absolute atomic E-state index is 0.111. The molecule has 23 heavy (non-hydrogen) atoms. The number of nitrogens with zero attached hydrogens (tertiary/aromatic N) is 3. The van der Waals surface area contributed by atoms with E-state index in [2.05, 4.69) is 16.9 Å². The van der Waals surface area contributed by atoms with Crippen molar-refractivity contribution in [3.05, 3.63) is 48.2 Å². The summed E-state index contributed by atoms with van der Waals surface area (Å²) >= 11 is 0. The predicted molar refractivity (Wildman–Crippen MR) is 85.3 cm³/mol. The van der Waals surface area contributed by atoms with Crippen molar-refractivity contribution >= 4 is 5.91 Å². The van der Waals surface area contributed by atoms with Crippen LogP contribution in [0.4, 0.5) is 0 Å². The van der Waals surface area contributed by atoms with Gasteiger partial charge in [0, 0.05) is 19.6 Å². The van der Waals surface area contributed by atoms with Crippen LogP contribution in [0.2, 0.25) is 0 Å². The summed E-state index contributed by atoms with van der Waals surface area (Å²) in [6.45, 7) is 2.11. The number of ether oxygens (including phenoxy) is 1. The molecule has 1 aromatic carbocycles. The average molecular weight is 315 g/mol. The van der Waals surface area contributed by atoms with E-state index in [1.807, 2.05) is 37.4 Å². The van der Waals surface area contributed by atoms with Crippen LogP contribution in [0.25, 0.3) is 0 Å². The summed E-state index contributed by atoms with van der Waals surface area (Å²) in [7, 11) is 3.88. The van der Waals surface area contributed by atoms with E-state index in [1.54, 1.807) is 4.90 Å². The second-order valence-corrected chi connectivity index (χ2v) is 5.85. The average Bonchev–Trinajstić information content (AvgIpc) is 3.21. The van der Waals surface area contributed by atoms with Crippen LogP contribution in [-0.2, 0) is 6.61 Å². The van der Waals surface area contributed by atoms with Crippen LogP contribution in [-0.4, -0.2) is 53.9 Å². The van der Waals surface area contributed by atoms with Crippen molar-refractivity contribution in [2.75, 3.05) is 27.2 Å². The highest BCUT2D eigenvalue weighted by molar-refractivity contribution is 5.92. The molecule has 1 saturated heterocycles. The number of rotatable bonds is 5. The van der Waals surface area contributed by atoms with E-state index in [1.165, 1.54) is 6.26 Å². The zero-order valence-corrected chi connectivity index (χ0v) is 13.4. The molecule has 6 heteroatoms. The van der Waals surface area contributed by atoms with Crippen LogP contribution in [0.3, 0.4) is 0 Å². The van der Waals surface area contributed by atoms with E-state index in [9.17, 15) is 4.79 Å². The Morgan fingerprint density at radius 2 is 2.22 bits per heavy atom. The maximum atomic E-state index is 12.5. The Hall–Kier alpha value is -2.34. The minimum atomic E-state index is -0.111. The maximum Gasteiger partial charge on any atom is 0.275 e. The molecule has 0 radical (unpaired) electrons. The molecule has 6 nitrogen and oxygen atoms in total. The van der Waals surface area contributed by atoms with Gasteiger partial charge < -0.3 is 19.0 Å². The lowest BCUT2D eigenvalue weighted by Gasteiger charge is -2.23. The van der Waals surface area contributed by atoms with Crippen LogP contribution in [0.5, 0.6) is 5.75 Å². The van der Waals surface area contributed by atoms with Crippen molar-refractivity contribution in [3.8, 4) is 5.75 Å². The lowest BCUT2D eigenvalue weighted by Crippen LogP contribution is -2.38. The molecule has 2 aromatic rings. The number of likely N-dealkylation sites (tertiary alicyclic amines) is 1. The third kappa shape index (κ3) is 3.71. The molecule has 2 heterocycles. The predicted octanol–water partition coefficient (Wildman–Crippen LogP) is 2.03. The van der Waals surface area contributed by atoms with Crippen LogP contribution in [0.1, 0.15) is 22.8 Å². The van der Waals surface area contributed by atoms with Gasteiger partial charge in [-0.1, -0.05) is 18.2 Å². The standard InChI is InChI=1S/C17H21N3O3/c1-19-9-8-13(10-19)20(2)17(21)15-11-23-16(18-15)12-22-14-6-4-3-5-7-14/h3-7,11,13H,8-10,12H2,1-2H3/t13-/m0/s1. The first-order chi connectivity index (χ1) is 11.1. The zero-order chi connectivity index (χ0) is 16.2. The molecule has 1 atom stereocenters. The molecule has 0 saturated carbocycles. The number of carbonyl (C=O) groups excluding carboxylic acids is 1. The smallest absolute Gasteiger partial charge is 0.275 e. The SMILES string of the molecule is CN1CC[C@H](N(C)C(=O)c2coc(COc3ccccc3)n2)C1. The number of amides is 1. The Balaban J connectivity index is 1.59. The Morgan fingerprint density at radius 3 is 2.91 bits per heavy atom. The van der Waals surface area contributed by atoms with Crippen LogP contribution < -0.4 is 4.74 Å². The van der Waals surface area contributed by atoms with E-state index >= 15 is 0 Å². The molecular formula is C17H21N3O3. The molecule has 3 rings (SSSR count). The Bertz CT molecular complexity index is 656. The zero-order valence-electron chi connectivity index (χ0n) is 13.4. The van der Waals surface area contributed by atoms with Crippen molar-refractivity contribution in [1.29, 1.82) is 0 Å². The van der Waals surface area contributed by atoms with Gasteiger partial charge in [0.1, 0.15) is 12.0 Å². The first-order valence-electron chi connectivity index (χ1n) is 7.71. The van der Waals surface area contributed by atoms with Gasteiger partial charge in [-0.05, 0) is 32.1 Å². The van der Waals surface area contributed by atoms with Gasteiger partial charge >= 0.3 is 0 Å². The quantitative estimate of drug-likeness (QED) is 0.845. The molecule has 1 aliphatic heterocycles. The van der Waals surface area contributed by atoms with E-state index < -0.39 is 0 Å². The molecule has 0 aliphatic carbocycles. The van der Waals surface area contributed by atoms with Gasteiger partial charge in [-0.3, -0.25) is 4.79 Å². The molecular weight excluding hydrogens is 294 g/mol. The Labute approximate surface area is 135 Å². The fraction of sp³-hybridized carbons (Fsp3) is 0.412. The van der Waals surface area contributed by atoms with Crippen LogP contribution in [0.15, 0.2) is 41.0 Å². The van der Waals surface area contributed by atoms with Crippen molar-refractivity contribution in [2.45, 2.75) is 19.1 Å². The first kappa shape index (κ1) is 15.6. The number of hydrogen-bond acceptors (Lipinski definition) is 5. The van der Waals surface area contributed by atoms with Crippen molar-refractivity contribution in [2.24, 2.45) is 0 Å². The molecule has 1 aromatic heterocycles. The van der Waals surface area contributed by atoms with Gasteiger partial charge in [-0.25, -0.2) is 4.98 Å². The number of likely N-dealkylation sites (N-methyl/N-ethyl adjacent to an activating group) is 2. The Kier molecular flexibility index (Phi) is 4.62. The normalized spacial score (nSPS) is 18.1. The highest BCUT2D eigenvalue weighted by atomic mass is 16.5. The molecule has 1 aliphatic rings. The second-order valence-electron chi connectivity index (χ2n) is 5.85. The monoisotopic (exact) mass is 315 g/mol. The summed E-state index contributed by atoms with van der Waals surface area (Å²) in [5, 5.41) is 0. The molecule has 0 spiro atoms. The van der Waals surface area contributed by atoms with E-state index in [-0.39, 0.29) is 18.6 Å². The van der Waals surface area contributed by atoms with Gasteiger partial charge in [0.05, 0.1) is 0 Å². The number of hydrogen-bond donors (Lipinski definition) is 0. The first-order valence-corrected chi connectivity index (χ1v) is 7.71. The van der Waals surface area contributed by atoms with Crippen LogP contribution in [0, 0.1) is 0 Å². The molecule has 0 unspecified atom stereocenters. The minimum Gasteiger partial charge on any atom is -0.484 e. The molecule has 122 valence electrons. The van der Waals surface area contributed by atoms with E-state index in [4.69, 9.17) is 9.15 Å². The summed E-state index contributed by atoms with van der Waals surface area (Å²) < 4.78 is 10.9. The van der Waals surface area contributed by atoms with Gasteiger partial charge in [-0.2, -0.15) is 0 Å². The van der Waals surface area contributed by atoms with Gasteiger partial charge in [0.25, 0.3) is 5.91 Å². The lowest BCUT2D eigenvalue weighted by atomic mass is 10.2. The van der Waals surface area contributed by atoms with Gasteiger partial charge in [0.2, 0.25) is 5.89 Å². The highest BCUT2D eigenvalue weighted by Gasteiger charge is 2.28. The second kappa shape index (κ2) is 6.83. The Morgan fingerprint density at radius 1 is 1.43 bits per heavy atom. The number of benzene rings is 1. The number of carbonyl (C=O) groups is 1. The number of aromatic nitrogens is 1.